The van der Waals surface area contributed by atoms with Crippen LogP contribution in [0.25, 0.3) is 0 Å². The van der Waals surface area contributed by atoms with Crippen LogP contribution in [0, 0.1) is 50.2 Å². The molecule has 0 radical (unpaired) electrons. The van der Waals surface area contributed by atoms with Crippen molar-refractivity contribution < 1.29 is 84.3 Å². The van der Waals surface area contributed by atoms with Crippen LogP contribution in [0.4, 0.5) is 0 Å². The van der Waals surface area contributed by atoms with Crippen LogP contribution in [-0.2, 0) is 33.2 Å². The van der Waals surface area contributed by atoms with E-state index in [1.54, 1.807) is 0 Å². The minimum Gasteiger partial charge on any atom is -0.479 e. The van der Waals surface area contributed by atoms with Gasteiger partial charge < -0.3 is 79.5 Å². The monoisotopic (exact) mass is 913 g/mol. The summed E-state index contributed by atoms with van der Waals surface area (Å²) in [6, 6.07) is 0. The van der Waals surface area contributed by atoms with E-state index >= 15 is 0 Å². The number of hydrogen-bond donors (Lipinski definition) is 10. The summed E-state index contributed by atoms with van der Waals surface area (Å²) in [7, 11) is 0. The SMILES string of the molecule is C[C@@H]1O[C@@H](O[C@H]2[C@H](O[C@H]3[C@H](O[C@H]4CC[C@@]5(C)[C@@H](CC[C@]6(C)[C@@H]5CC=C5[C@@H]7CC(C)(C)C[C@@H](O)[C@]7(C)CC[C@]56C)[C@@]4(C)CO)O[C@H](C(=O)O)[C@@H](O)[C@@H]3O)OC[C@@H](O)[C@@H]2O)[C@H](O)[C@H](O)[C@H]1O. The number of allylic oxidation sites excluding steroid dienone is 2. The van der Waals surface area contributed by atoms with Crippen LogP contribution in [-0.4, -0.2) is 168 Å². The second-order valence-electron chi connectivity index (χ2n) is 23.2. The van der Waals surface area contributed by atoms with E-state index in [4.69, 9.17) is 28.4 Å². The molecule has 0 unspecified atom stereocenters. The van der Waals surface area contributed by atoms with E-state index in [9.17, 15) is 55.9 Å². The lowest BCUT2D eigenvalue weighted by atomic mass is 9.33. The average molecular weight is 913 g/mol. The minimum absolute atomic E-state index is 0.0286. The molecule has 0 aromatic rings. The summed E-state index contributed by atoms with van der Waals surface area (Å²) in [6.45, 7) is 16.8. The molecular formula is C47H76O17. The molecule has 0 aromatic carbocycles. The number of carbonyl (C=O) groups is 1. The molecule has 5 aliphatic carbocycles. The second-order valence-corrected chi connectivity index (χ2v) is 23.2. The van der Waals surface area contributed by atoms with E-state index in [1.165, 1.54) is 12.5 Å². The first-order valence-electron chi connectivity index (χ1n) is 23.7. The number of hydrogen-bond acceptors (Lipinski definition) is 16. The van der Waals surface area contributed by atoms with Gasteiger partial charge in [-0.2, -0.15) is 0 Å². The summed E-state index contributed by atoms with van der Waals surface area (Å²) < 4.78 is 36.1. The van der Waals surface area contributed by atoms with Gasteiger partial charge in [-0.3, -0.25) is 0 Å². The first-order chi connectivity index (χ1) is 29.8. The second kappa shape index (κ2) is 16.9. The lowest BCUT2D eigenvalue weighted by Gasteiger charge is -2.72. The molecule has 10 N–H and O–H groups in total. The highest BCUT2D eigenvalue weighted by atomic mass is 16.8. The van der Waals surface area contributed by atoms with Gasteiger partial charge in [0.25, 0.3) is 0 Å². The number of aliphatic hydroxyl groups is 9. The number of fused-ring (bicyclic) bond motifs is 7. The molecule has 366 valence electrons. The largest absolute Gasteiger partial charge is 0.479 e. The van der Waals surface area contributed by atoms with Gasteiger partial charge >= 0.3 is 5.97 Å². The third kappa shape index (κ3) is 7.49. The lowest BCUT2D eigenvalue weighted by Crippen LogP contribution is -2.68. The van der Waals surface area contributed by atoms with Crippen LogP contribution in [0.2, 0.25) is 0 Å². The molecule has 24 atom stereocenters. The maximum absolute atomic E-state index is 12.4. The molecule has 3 saturated heterocycles. The predicted molar refractivity (Wildman–Crippen MR) is 225 cm³/mol. The van der Waals surface area contributed by atoms with Crippen LogP contribution in [0.5, 0.6) is 0 Å². The fraction of sp³-hybridized carbons (Fsp3) is 0.936. The maximum Gasteiger partial charge on any atom is 0.335 e. The number of aliphatic hydroxyl groups excluding tert-OH is 9. The van der Waals surface area contributed by atoms with Crippen molar-refractivity contribution in [2.45, 2.75) is 211 Å². The quantitative estimate of drug-likeness (QED) is 0.122. The Morgan fingerprint density at radius 2 is 1.38 bits per heavy atom. The molecule has 7 fully saturated rings. The Kier molecular flexibility index (Phi) is 13.0. The van der Waals surface area contributed by atoms with Crippen LogP contribution >= 0.6 is 0 Å². The van der Waals surface area contributed by atoms with Gasteiger partial charge in [-0.15, -0.1) is 0 Å². The molecular weight excluding hydrogens is 837 g/mol. The fourth-order valence-electron chi connectivity index (χ4n) is 14.8. The van der Waals surface area contributed by atoms with E-state index in [0.717, 1.165) is 44.9 Å². The van der Waals surface area contributed by atoms with Crippen molar-refractivity contribution in [3.8, 4) is 0 Å². The molecule has 64 heavy (non-hydrogen) atoms. The maximum atomic E-state index is 12.4. The number of aliphatic carboxylic acids is 1. The van der Waals surface area contributed by atoms with Gasteiger partial charge in [-0.1, -0.05) is 60.1 Å². The van der Waals surface area contributed by atoms with Gasteiger partial charge in [0.2, 0.25) is 0 Å². The Morgan fingerprint density at radius 3 is 2.05 bits per heavy atom. The van der Waals surface area contributed by atoms with E-state index < -0.39 is 110 Å². The van der Waals surface area contributed by atoms with Crippen LogP contribution < -0.4 is 0 Å². The minimum atomic E-state index is -2.01. The van der Waals surface area contributed by atoms with Gasteiger partial charge in [-0.25, -0.2) is 4.79 Å². The van der Waals surface area contributed by atoms with Gasteiger partial charge in [-0.05, 0) is 104 Å². The normalized spacial score (nSPS) is 56.1. The lowest BCUT2D eigenvalue weighted by molar-refractivity contribution is -0.387. The third-order valence-corrected chi connectivity index (χ3v) is 19.1. The Balaban J connectivity index is 1.06. The molecule has 0 bridgehead atoms. The highest BCUT2D eigenvalue weighted by Crippen LogP contribution is 2.76. The van der Waals surface area contributed by atoms with Crippen molar-refractivity contribution in [2.24, 2.45) is 50.2 Å². The summed E-state index contributed by atoms with van der Waals surface area (Å²) in [4.78, 5) is 12.4. The highest BCUT2D eigenvalue weighted by molar-refractivity contribution is 5.73. The molecule has 3 heterocycles. The molecule has 17 nitrogen and oxygen atoms in total. The Morgan fingerprint density at radius 1 is 0.703 bits per heavy atom. The molecule has 3 aliphatic heterocycles. The summed E-state index contributed by atoms with van der Waals surface area (Å²) in [5.41, 5.74) is 0.0929. The van der Waals surface area contributed by atoms with Crippen molar-refractivity contribution in [2.75, 3.05) is 13.2 Å². The summed E-state index contributed by atoms with van der Waals surface area (Å²) in [5, 5.41) is 109. The van der Waals surface area contributed by atoms with Crippen molar-refractivity contribution >= 4 is 5.97 Å². The van der Waals surface area contributed by atoms with Gasteiger partial charge in [0.05, 0.1) is 31.5 Å². The fourth-order valence-corrected chi connectivity index (χ4v) is 14.8. The van der Waals surface area contributed by atoms with Crippen LogP contribution in [0.1, 0.15) is 113 Å². The Bertz CT molecular complexity index is 1760. The first kappa shape index (κ1) is 49.0. The number of ether oxygens (including phenoxy) is 6. The van der Waals surface area contributed by atoms with E-state index in [1.807, 2.05) is 6.92 Å². The molecule has 0 spiro atoms. The van der Waals surface area contributed by atoms with Gasteiger partial charge in [0.15, 0.2) is 25.0 Å². The molecule has 8 aliphatic rings. The van der Waals surface area contributed by atoms with Crippen molar-refractivity contribution in [1.29, 1.82) is 0 Å². The van der Waals surface area contributed by atoms with Crippen LogP contribution in [0.15, 0.2) is 11.6 Å². The highest BCUT2D eigenvalue weighted by Gasteiger charge is 2.70. The zero-order valence-electron chi connectivity index (χ0n) is 38.7. The third-order valence-electron chi connectivity index (χ3n) is 19.1. The van der Waals surface area contributed by atoms with Gasteiger partial charge in [0.1, 0.15) is 54.9 Å². The topological polar surface area (TPSA) is 275 Å². The van der Waals surface area contributed by atoms with Crippen molar-refractivity contribution in [3.05, 3.63) is 11.6 Å². The standard InChI is InChI=1S/C47H76O17/c1-21-29(51)31(53)34(56)39(60-21)63-36-30(52)24(49)19-59-40(36)64-37-33(55)32(54)35(38(57)58)62-41(37)61-28-12-13-44(5)25(45(28,6)20-48)11-14-47(8)26(44)10-9-22-23-17-42(2,3)18-27(50)43(23,4)15-16-46(22,47)7/h9,21,23-37,39-41,48-56H,10-20H2,1-8H3,(H,57,58)/t21-,23-,24+,25+,26+,27+,28-,29-,30-,31+,32-,33-,34+,35-,36+,37+,39-,40-,41+,43+,44-,45+,46+,47+/m0/s1. The van der Waals surface area contributed by atoms with Crippen molar-refractivity contribution in [3.63, 3.8) is 0 Å². The Labute approximate surface area is 376 Å². The number of rotatable bonds is 8. The molecule has 17 heteroatoms. The zero-order valence-corrected chi connectivity index (χ0v) is 38.7. The first-order valence-corrected chi connectivity index (χ1v) is 23.7. The predicted octanol–water partition coefficient (Wildman–Crippen LogP) is 1.34. The molecule has 0 aromatic heterocycles. The van der Waals surface area contributed by atoms with Crippen molar-refractivity contribution in [1.82, 2.24) is 0 Å². The summed E-state index contributed by atoms with van der Waals surface area (Å²) in [6.07, 6.45) is -14.5. The molecule has 8 rings (SSSR count). The smallest absolute Gasteiger partial charge is 0.335 e. The van der Waals surface area contributed by atoms with Gasteiger partial charge in [0, 0.05) is 10.8 Å². The van der Waals surface area contributed by atoms with E-state index in [0.29, 0.717) is 18.8 Å². The zero-order chi connectivity index (χ0) is 46.9. The van der Waals surface area contributed by atoms with E-state index in [-0.39, 0.29) is 51.6 Å². The van der Waals surface area contributed by atoms with Crippen LogP contribution in [0.3, 0.4) is 0 Å². The molecule has 4 saturated carbocycles. The Hall–Kier alpha value is -1.39. The average Bonchev–Trinajstić information content (AvgIpc) is 3.22. The van der Waals surface area contributed by atoms with E-state index in [2.05, 4.69) is 47.6 Å². The summed E-state index contributed by atoms with van der Waals surface area (Å²) in [5.74, 6) is -1.05. The molecule has 0 amide bonds. The number of carboxylic acids is 1. The number of carboxylic acid groups (broad SMARTS) is 1. The summed E-state index contributed by atoms with van der Waals surface area (Å²) >= 11 is 0.